The highest BCUT2D eigenvalue weighted by atomic mass is 15.1. The Morgan fingerprint density at radius 1 is 1.11 bits per heavy atom. The third-order valence-electron chi connectivity index (χ3n) is 3.76. The smallest absolute Gasteiger partial charge is 0.134 e. The van der Waals surface area contributed by atoms with Crippen molar-refractivity contribution in [3.63, 3.8) is 0 Å². The van der Waals surface area contributed by atoms with Crippen LogP contribution < -0.4 is 10.6 Å². The molecule has 0 amide bonds. The fraction of sp³-hybridized carbons (Fsp3) is 0.733. The molecule has 1 rings (SSSR count). The van der Waals surface area contributed by atoms with Crippen LogP contribution >= 0.6 is 0 Å². The van der Waals surface area contributed by atoms with Gasteiger partial charge in [-0.05, 0) is 26.2 Å². The molecule has 0 aliphatic rings. The van der Waals surface area contributed by atoms with Crippen LogP contribution in [0.15, 0.2) is 0 Å². The summed E-state index contributed by atoms with van der Waals surface area (Å²) in [7, 11) is 1.91. The number of hydrogen-bond donors (Lipinski definition) is 2. The fourth-order valence-corrected chi connectivity index (χ4v) is 1.99. The van der Waals surface area contributed by atoms with Gasteiger partial charge in [0.15, 0.2) is 0 Å². The summed E-state index contributed by atoms with van der Waals surface area (Å²) in [5, 5.41) is 6.70. The molecule has 0 radical (unpaired) electrons. The summed E-state index contributed by atoms with van der Waals surface area (Å²) in [5.74, 6) is 3.44. The number of nitrogens with one attached hydrogen (secondary N) is 2. The Balaban J connectivity index is 3.00. The van der Waals surface area contributed by atoms with Crippen molar-refractivity contribution in [3.8, 4) is 0 Å². The number of rotatable bonds is 7. The first-order chi connectivity index (χ1) is 9.03. The molecule has 4 heteroatoms. The fourth-order valence-electron chi connectivity index (χ4n) is 1.99. The molecule has 0 saturated carbocycles. The molecule has 0 bridgehead atoms. The van der Waals surface area contributed by atoms with Crippen LogP contribution in [-0.4, -0.2) is 23.1 Å². The van der Waals surface area contributed by atoms with Crippen molar-refractivity contribution in [2.75, 3.05) is 17.7 Å². The number of aryl methyl sites for hydroxylation is 1. The van der Waals surface area contributed by atoms with Gasteiger partial charge in [0.25, 0.3) is 0 Å². The molecule has 0 aromatic carbocycles. The van der Waals surface area contributed by atoms with Crippen LogP contribution in [0.2, 0.25) is 0 Å². The standard InChI is InChI=1S/C15H28N4/c1-7-9-13-18-14(16-6)11(4)15(19-13)17-12(5)10(3)8-2/h10,12H,7-9H2,1-6H3,(H2,16,17,18,19). The van der Waals surface area contributed by atoms with E-state index in [0.717, 1.165) is 35.9 Å². The lowest BCUT2D eigenvalue weighted by molar-refractivity contribution is 0.493. The van der Waals surface area contributed by atoms with Gasteiger partial charge in [-0.25, -0.2) is 9.97 Å². The lowest BCUT2D eigenvalue weighted by Gasteiger charge is -2.22. The second kappa shape index (κ2) is 7.31. The Bertz CT molecular complexity index is 403. The summed E-state index contributed by atoms with van der Waals surface area (Å²) in [5.41, 5.74) is 1.09. The summed E-state index contributed by atoms with van der Waals surface area (Å²) in [6, 6.07) is 0.415. The van der Waals surface area contributed by atoms with Gasteiger partial charge >= 0.3 is 0 Å². The molecule has 2 unspecified atom stereocenters. The summed E-state index contributed by atoms with van der Waals surface area (Å²) in [6.07, 6.45) is 3.15. The van der Waals surface area contributed by atoms with Crippen molar-refractivity contribution in [3.05, 3.63) is 11.4 Å². The average Bonchev–Trinajstić information content (AvgIpc) is 2.41. The van der Waals surface area contributed by atoms with Gasteiger partial charge in [-0.1, -0.05) is 27.2 Å². The molecule has 108 valence electrons. The quantitative estimate of drug-likeness (QED) is 0.789. The highest BCUT2D eigenvalue weighted by Crippen LogP contribution is 2.22. The molecule has 1 aromatic rings. The monoisotopic (exact) mass is 264 g/mol. The maximum atomic E-state index is 4.67. The predicted molar refractivity (Wildman–Crippen MR) is 82.9 cm³/mol. The minimum Gasteiger partial charge on any atom is -0.373 e. The van der Waals surface area contributed by atoms with Crippen LogP contribution in [0.4, 0.5) is 11.6 Å². The lowest BCUT2D eigenvalue weighted by atomic mass is 10.0. The normalized spacial score (nSPS) is 14.0. The van der Waals surface area contributed by atoms with Crippen LogP contribution in [-0.2, 0) is 6.42 Å². The molecule has 0 aliphatic carbocycles. The van der Waals surface area contributed by atoms with Crippen molar-refractivity contribution < 1.29 is 0 Å². The predicted octanol–water partition coefficient (Wildman–Crippen LogP) is 3.63. The zero-order valence-electron chi connectivity index (χ0n) is 13.2. The maximum Gasteiger partial charge on any atom is 0.134 e. The van der Waals surface area contributed by atoms with E-state index in [4.69, 9.17) is 0 Å². The third-order valence-corrected chi connectivity index (χ3v) is 3.76. The maximum absolute atomic E-state index is 4.67. The van der Waals surface area contributed by atoms with Gasteiger partial charge in [-0.3, -0.25) is 0 Å². The van der Waals surface area contributed by atoms with Crippen LogP contribution in [0, 0.1) is 12.8 Å². The molecule has 2 N–H and O–H groups in total. The van der Waals surface area contributed by atoms with E-state index in [1.54, 1.807) is 0 Å². The first-order valence-electron chi connectivity index (χ1n) is 7.35. The minimum atomic E-state index is 0.415. The Morgan fingerprint density at radius 3 is 2.26 bits per heavy atom. The Labute approximate surface area is 117 Å². The first kappa shape index (κ1) is 15.7. The third kappa shape index (κ3) is 4.08. The van der Waals surface area contributed by atoms with Gasteiger partial charge in [0.05, 0.1) is 0 Å². The average molecular weight is 264 g/mol. The van der Waals surface area contributed by atoms with Crippen LogP contribution in [0.25, 0.3) is 0 Å². The molecular weight excluding hydrogens is 236 g/mol. The van der Waals surface area contributed by atoms with Crippen molar-refractivity contribution in [2.24, 2.45) is 5.92 Å². The summed E-state index contributed by atoms with van der Waals surface area (Å²) in [6.45, 7) is 10.9. The van der Waals surface area contributed by atoms with E-state index in [1.807, 2.05) is 7.05 Å². The summed E-state index contributed by atoms with van der Waals surface area (Å²) in [4.78, 5) is 9.22. The molecule has 0 aliphatic heterocycles. The van der Waals surface area contributed by atoms with Gasteiger partial charge in [0, 0.05) is 25.1 Å². The number of anilines is 2. The Hall–Kier alpha value is -1.32. The SMILES string of the molecule is CCCc1nc(NC)c(C)c(NC(C)C(C)CC)n1. The van der Waals surface area contributed by atoms with E-state index in [-0.39, 0.29) is 0 Å². The molecule has 0 fully saturated rings. The van der Waals surface area contributed by atoms with Crippen molar-refractivity contribution in [1.82, 2.24) is 9.97 Å². The summed E-state index contributed by atoms with van der Waals surface area (Å²) < 4.78 is 0. The largest absolute Gasteiger partial charge is 0.373 e. The molecule has 0 spiro atoms. The van der Waals surface area contributed by atoms with Gasteiger partial charge in [-0.2, -0.15) is 0 Å². The van der Waals surface area contributed by atoms with Crippen molar-refractivity contribution in [1.29, 1.82) is 0 Å². The first-order valence-corrected chi connectivity index (χ1v) is 7.35. The molecule has 0 saturated heterocycles. The second-order valence-electron chi connectivity index (χ2n) is 5.28. The molecular formula is C15H28N4. The van der Waals surface area contributed by atoms with Gasteiger partial charge in [0.2, 0.25) is 0 Å². The molecule has 1 heterocycles. The van der Waals surface area contributed by atoms with E-state index < -0.39 is 0 Å². The van der Waals surface area contributed by atoms with Gasteiger partial charge < -0.3 is 10.6 Å². The van der Waals surface area contributed by atoms with Gasteiger partial charge in [0.1, 0.15) is 17.5 Å². The topological polar surface area (TPSA) is 49.8 Å². The Kier molecular flexibility index (Phi) is 6.06. The summed E-state index contributed by atoms with van der Waals surface area (Å²) >= 11 is 0. The highest BCUT2D eigenvalue weighted by Gasteiger charge is 2.15. The van der Waals surface area contributed by atoms with E-state index in [0.29, 0.717) is 12.0 Å². The van der Waals surface area contributed by atoms with E-state index >= 15 is 0 Å². The Morgan fingerprint density at radius 2 is 1.74 bits per heavy atom. The lowest BCUT2D eigenvalue weighted by Crippen LogP contribution is -2.25. The highest BCUT2D eigenvalue weighted by molar-refractivity contribution is 5.57. The second-order valence-corrected chi connectivity index (χ2v) is 5.28. The van der Waals surface area contributed by atoms with Crippen LogP contribution in [0.5, 0.6) is 0 Å². The molecule has 4 nitrogen and oxygen atoms in total. The number of aromatic nitrogens is 2. The van der Waals surface area contributed by atoms with E-state index in [2.05, 4.69) is 55.2 Å². The van der Waals surface area contributed by atoms with Crippen LogP contribution in [0.1, 0.15) is 51.9 Å². The zero-order chi connectivity index (χ0) is 14.4. The van der Waals surface area contributed by atoms with E-state index in [1.165, 1.54) is 6.42 Å². The van der Waals surface area contributed by atoms with Crippen molar-refractivity contribution in [2.45, 2.75) is 59.9 Å². The minimum absolute atomic E-state index is 0.415. The van der Waals surface area contributed by atoms with E-state index in [9.17, 15) is 0 Å². The number of nitrogens with zero attached hydrogens (tertiary/aromatic N) is 2. The zero-order valence-corrected chi connectivity index (χ0v) is 13.2. The van der Waals surface area contributed by atoms with Crippen LogP contribution in [0.3, 0.4) is 0 Å². The van der Waals surface area contributed by atoms with Crippen molar-refractivity contribution >= 4 is 11.6 Å². The van der Waals surface area contributed by atoms with Gasteiger partial charge in [-0.15, -0.1) is 0 Å². The molecule has 1 aromatic heterocycles. The molecule has 2 atom stereocenters. The molecule has 19 heavy (non-hydrogen) atoms. The number of hydrogen-bond acceptors (Lipinski definition) is 4.